The lowest BCUT2D eigenvalue weighted by atomic mass is 10.0. The Morgan fingerprint density at radius 1 is 1.19 bits per heavy atom. The van der Waals surface area contributed by atoms with Gasteiger partial charge in [0.2, 0.25) is 0 Å². The first-order valence-electron chi connectivity index (χ1n) is 5.19. The molecule has 78 valence electrons. The minimum atomic E-state index is 0.661. The Bertz CT molecular complexity index is 524. The molecule has 0 aliphatic rings. The Morgan fingerprint density at radius 2 is 1.94 bits per heavy atom. The Balaban J connectivity index is 2.27. The fourth-order valence-corrected chi connectivity index (χ4v) is 1.62. The molecule has 16 heavy (non-hydrogen) atoms. The number of rotatable bonds is 2. The largest absolute Gasteiger partial charge is 0.260 e. The van der Waals surface area contributed by atoms with Crippen molar-refractivity contribution in [3.63, 3.8) is 0 Å². The van der Waals surface area contributed by atoms with Crippen LogP contribution >= 0.6 is 0 Å². The van der Waals surface area contributed by atoms with Crippen LogP contribution in [-0.4, -0.2) is 4.98 Å². The van der Waals surface area contributed by atoms with E-state index in [1.54, 1.807) is 0 Å². The molecule has 0 aliphatic heterocycles. The molecular weight excluding hydrogens is 196 g/mol. The first kappa shape index (κ1) is 10.4. The van der Waals surface area contributed by atoms with Crippen LogP contribution in [-0.2, 0) is 6.42 Å². The summed E-state index contributed by atoms with van der Waals surface area (Å²) < 4.78 is 0. The van der Waals surface area contributed by atoms with Gasteiger partial charge in [0.15, 0.2) is 0 Å². The molecular formula is C14H12N2. The van der Waals surface area contributed by atoms with Crippen molar-refractivity contribution in [3.8, 4) is 6.07 Å². The fraction of sp³-hybridized carbons (Fsp3) is 0.143. The van der Waals surface area contributed by atoms with E-state index in [0.717, 1.165) is 17.7 Å². The molecule has 0 saturated heterocycles. The standard InChI is InChI=1S/C14H12N2/c1-11-14(9-15)8-13(10-16-11)7-12-5-3-2-4-6-12/h2-6,8,10H,7H2,1H3. The third kappa shape index (κ3) is 2.26. The van der Waals surface area contributed by atoms with Crippen molar-refractivity contribution in [1.29, 1.82) is 5.26 Å². The third-order valence-electron chi connectivity index (χ3n) is 2.52. The number of aryl methyl sites for hydroxylation is 1. The summed E-state index contributed by atoms with van der Waals surface area (Å²) in [6.45, 7) is 1.85. The van der Waals surface area contributed by atoms with Crippen molar-refractivity contribution in [2.75, 3.05) is 0 Å². The highest BCUT2D eigenvalue weighted by Crippen LogP contribution is 2.11. The number of nitrogens with zero attached hydrogens (tertiary/aromatic N) is 2. The van der Waals surface area contributed by atoms with Crippen LogP contribution < -0.4 is 0 Å². The van der Waals surface area contributed by atoms with Crippen molar-refractivity contribution in [2.24, 2.45) is 0 Å². The smallest absolute Gasteiger partial charge is 0.101 e. The second-order valence-corrected chi connectivity index (χ2v) is 3.75. The molecule has 0 aliphatic carbocycles. The van der Waals surface area contributed by atoms with E-state index in [-0.39, 0.29) is 0 Å². The maximum absolute atomic E-state index is 8.92. The van der Waals surface area contributed by atoms with Crippen LogP contribution in [0.15, 0.2) is 42.6 Å². The molecule has 0 saturated carbocycles. The SMILES string of the molecule is Cc1ncc(Cc2ccccc2)cc1C#N. The minimum absolute atomic E-state index is 0.661. The molecule has 0 fully saturated rings. The van der Waals surface area contributed by atoms with E-state index >= 15 is 0 Å². The summed E-state index contributed by atoms with van der Waals surface area (Å²) in [7, 11) is 0. The molecule has 0 bridgehead atoms. The van der Waals surface area contributed by atoms with E-state index in [2.05, 4.69) is 23.2 Å². The summed E-state index contributed by atoms with van der Waals surface area (Å²) in [6.07, 6.45) is 2.66. The van der Waals surface area contributed by atoms with Gasteiger partial charge in [-0.3, -0.25) is 4.98 Å². The molecule has 2 aromatic rings. The second-order valence-electron chi connectivity index (χ2n) is 3.75. The fourth-order valence-electron chi connectivity index (χ4n) is 1.62. The van der Waals surface area contributed by atoms with Crippen LogP contribution in [0.2, 0.25) is 0 Å². The van der Waals surface area contributed by atoms with Crippen LogP contribution in [0.25, 0.3) is 0 Å². The maximum atomic E-state index is 8.92. The number of hydrogen-bond acceptors (Lipinski definition) is 2. The molecule has 1 aromatic carbocycles. The molecule has 0 N–H and O–H groups in total. The van der Waals surface area contributed by atoms with Gasteiger partial charge in [0, 0.05) is 6.20 Å². The Hall–Kier alpha value is -2.14. The van der Waals surface area contributed by atoms with Crippen molar-refractivity contribution in [2.45, 2.75) is 13.3 Å². The molecule has 0 atom stereocenters. The lowest BCUT2D eigenvalue weighted by Crippen LogP contribution is -1.93. The molecule has 1 aromatic heterocycles. The monoisotopic (exact) mass is 208 g/mol. The molecule has 0 spiro atoms. The Labute approximate surface area is 95.2 Å². The Morgan fingerprint density at radius 3 is 2.62 bits per heavy atom. The van der Waals surface area contributed by atoms with E-state index in [4.69, 9.17) is 5.26 Å². The van der Waals surface area contributed by atoms with Crippen molar-refractivity contribution in [3.05, 3.63) is 65.0 Å². The first-order valence-corrected chi connectivity index (χ1v) is 5.19. The van der Waals surface area contributed by atoms with Gasteiger partial charge < -0.3 is 0 Å². The van der Waals surface area contributed by atoms with Gasteiger partial charge in [-0.05, 0) is 30.5 Å². The van der Waals surface area contributed by atoms with E-state index < -0.39 is 0 Å². The summed E-state index contributed by atoms with van der Waals surface area (Å²) in [5.41, 5.74) is 3.76. The molecule has 1 heterocycles. The summed E-state index contributed by atoms with van der Waals surface area (Å²) in [4.78, 5) is 4.22. The number of benzene rings is 1. The molecule has 0 radical (unpaired) electrons. The predicted octanol–water partition coefficient (Wildman–Crippen LogP) is 2.85. The van der Waals surface area contributed by atoms with Gasteiger partial charge in [-0.15, -0.1) is 0 Å². The molecule has 2 nitrogen and oxygen atoms in total. The lowest BCUT2D eigenvalue weighted by molar-refractivity contribution is 1.10. The van der Waals surface area contributed by atoms with Gasteiger partial charge in [-0.1, -0.05) is 30.3 Å². The topological polar surface area (TPSA) is 36.7 Å². The van der Waals surface area contributed by atoms with Gasteiger partial charge in [0.1, 0.15) is 6.07 Å². The summed E-state index contributed by atoms with van der Waals surface area (Å²) in [5.74, 6) is 0. The third-order valence-corrected chi connectivity index (χ3v) is 2.52. The summed E-state index contributed by atoms with van der Waals surface area (Å²) in [5, 5.41) is 8.92. The second kappa shape index (κ2) is 4.59. The van der Waals surface area contributed by atoms with Gasteiger partial charge in [0.25, 0.3) is 0 Å². The summed E-state index contributed by atoms with van der Waals surface area (Å²) >= 11 is 0. The Kier molecular flexibility index (Phi) is 2.98. The highest BCUT2D eigenvalue weighted by Gasteiger charge is 2.01. The van der Waals surface area contributed by atoms with Gasteiger partial charge in [-0.2, -0.15) is 5.26 Å². The highest BCUT2D eigenvalue weighted by atomic mass is 14.7. The maximum Gasteiger partial charge on any atom is 0.101 e. The lowest BCUT2D eigenvalue weighted by Gasteiger charge is -2.03. The molecule has 2 heteroatoms. The van der Waals surface area contributed by atoms with Gasteiger partial charge >= 0.3 is 0 Å². The average molecular weight is 208 g/mol. The van der Waals surface area contributed by atoms with Crippen LogP contribution in [0.5, 0.6) is 0 Å². The van der Waals surface area contributed by atoms with Crippen LogP contribution in [0.1, 0.15) is 22.4 Å². The van der Waals surface area contributed by atoms with E-state index in [9.17, 15) is 0 Å². The molecule has 0 amide bonds. The zero-order chi connectivity index (χ0) is 11.4. The average Bonchev–Trinajstić information content (AvgIpc) is 2.33. The van der Waals surface area contributed by atoms with Crippen LogP contribution in [0.4, 0.5) is 0 Å². The van der Waals surface area contributed by atoms with Crippen LogP contribution in [0.3, 0.4) is 0 Å². The quantitative estimate of drug-likeness (QED) is 0.760. The zero-order valence-electron chi connectivity index (χ0n) is 9.14. The minimum Gasteiger partial charge on any atom is -0.260 e. The predicted molar refractivity (Wildman–Crippen MR) is 62.9 cm³/mol. The van der Waals surface area contributed by atoms with Crippen molar-refractivity contribution in [1.82, 2.24) is 4.98 Å². The normalized spacial score (nSPS) is 9.75. The highest BCUT2D eigenvalue weighted by molar-refractivity contribution is 5.36. The number of pyridine rings is 1. The van der Waals surface area contributed by atoms with Gasteiger partial charge in [0.05, 0.1) is 11.3 Å². The number of nitriles is 1. The van der Waals surface area contributed by atoms with E-state index in [1.807, 2.05) is 37.4 Å². The van der Waals surface area contributed by atoms with E-state index in [1.165, 1.54) is 5.56 Å². The summed E-state index contributed by atoms with van der Waals surface area (Å²) in [6, 6.07) is 14.3. The molecule has 0 unspecified atom stereocenters. The first-order chi connectivity index (χ1) is 7.79. The number of hydrogen-bond donors (Lipinski definition) is 0. The zero-order valence-corrected chi connectivity index (χ0v) is 9.14. The number of aromatic nitrogens is 1. The van der Waals surface area contributed by atoms with Crippen LogP contribution in [0, 0.1) is 18.3 Å². The van der Waals surface area contributed by atoms with Crippen molar-refractivity contribution < 1.29 is 0 Å². The van der Waals surface area contributed by atoms with E-state index in [0.29, 0.717) is 5.56 Å². The van der Waals surface area contributed by atoms with Gasteiger partial charge in [-0.25, -0.2) is 0 Å². The molecule has 2 rings (SSSR count). The van der Waals surface area contributed by atoms with Crippen molar-refractivity contribution >= 4 is 0 Å².